The predicted molar refractivity (Wildman–Crippen MR) is 96.6 cm³/mol. The van der Waals surface area contributed by atoms with Crippen molar-refractivity contribution in [3.63, 3.8) is 0 Å². The Bertz CT molecular complexity index is 930. The molecule has 1 aromatic rings. The molecule has 1 aromatic carbocycles. The third kappa shape index (κ3) is 4.21. The molecular formula is C16H26ClN3O3S. The molecule has 0 spiro atoms. The fraction of sp³-hybridized carbons (Fsp3) is 0.625. The van der Waals surface area contributed by atoms with Gasteiger partial charge in [-0.1, -0.05) is 19.0 Å². The van der Waals surface area contributed by atoms with Crippen LogP contribution >= 0.6 is 12.4 Å². The summed E-state index contributed by atoms with van der Waals surface area (Å²) in [6.45, 7) is -6.40. The van der Waals surface area contributed by atoms with Crippen LogP contribution in [0.4, 0.5) is 0 Å². The summed E-state index contributed by atoms with van der Waals surface area (Å²) in [6, 6.07) is 3.56. The lowest BCUT2D eigenvalue weighted by atomic mass is 9.74. The summed E-state index contributed by atoms with van der Waals surface area (Å²) in [5, 5.41) is 15.3. The largest absolute Gasteiger partial charge is 0.508 e. The van der Waals surface area contributed by atoms with Crippen LogP contribution in [0.3, 0.4) is 0 Å². The second-order valence-corrected chi connectivity index (χ2v) is 7.46. The monoisotopic (exact) mass is 382 g/mol. The average Bonchev–Trinajstić information content (AvgIpc) is 2.57. The summed E-state index contributed by atoms with van der Waals surface area (Å²) >= 11 is 0. The molecule has 0 saturated carbocycles. The van der Waals surface area contributed by atoms with Crippen molar-refractivity contribution in [3.8, 4) is 5.75 Å². The molecule has 0 unspecified atom stereocenters. The van der Waals surface area contributed by atoms with E-state index in [9.17, 15) is 13.5 Å². The fourth-order valence-corrected chi connectivity index (χ4v) is 4.41. The average molecular weight is 383 g/mol. The topological polar surface area (TPSA) is 95.7 Å². The standard InChI is InChI=1S/C16H25N3O3S.ClH/c1-2-6-19-10-13(18-23(17,21)22)7-12-8-14-11(9-15(12)19)4-3-5-16(14)20;/h3-5,12-13,15,18,20H,2,6-10H2,1H3,(H2,17,21,22);1H/t12-,13+,15-;/m1./s1/i1D3,2D2,6D2;. The summed E-state index contributed by atoms with van der Waals surface area (Å²) in [4.78, 5) is 1.11. The van der Waals surface area contributed by atoms with Crippen molar-refractivity contribution in [2.75, 3.05) is 13.0 Å². The fourth-order valence-electron chi connectivity index (χ4n) is 3.77. The molecule has 8 heteroatoms. The third-order valence-corrected chi connectivity index (χ3v) is 5.28. The number of rotatable bonds is 4. The Labute approximate surface area is 159 Å². The number of phenols is 1. The van der Waals surface area contributed by atoms with Gasteiger partial charge in [-0.3, -0.25) is 4.90 Å². The Morgan fingerprint density at radius 2 is 2.29 bits per heavy atom. The molecule has 2 aliphatic rings. The van der Waals surface area contributed by atoms with Crippen LogP contribution in [0.25, 0.3) is 0 Å². The molecule has 1 heterocycles. The Morgan fingerprint density at radius 1 is 1.50 bits per heavy atom. The van der Waals surface area contributed by atoms with Gasteiger partial charge in [-0.15, -0.1) is 12.4 Å². The number of nitrogens with zero attached hydrogens (tertiary/aromatic N) is 1. The van der Waals surface area contributed by atoms with Crippen LogP contribution in [0, 0.1) is 5.92 Å². The SMILES string of the molecule is Cl.[2H]C([2H])([2H])C([2H])([2H])C([2H])([2H])N1C[C@@H](NS(N)(=O)=O)C[C@@H]2Cc3c(O)cccc3C[C@H]21. The third-order valence-electron chi connectivity index (χ3n) is 4.62. The Balaban J connectivity index is 0.00000341. The molecule has 0 aromatic heterocycles. The highest BCUT2D eigenvalue weighted by Gasteiger charge is 2.40. The molecule has 4 N–H and O–H groups in total. The molecular weight excluding hydrogens is 350 g/mol. The summed E-state index contributed by atoms with van der Waals surface area (Å²) in [5.41, 5.74) is 1.44. The van der Waals surface area contributed by atoms with Crippen LogP contribution in [-0.4, -0.2) is 43.5 Å². The molecule has 6 nitrogen and oxygen atoms in total. The van der Waals surface area contributed by atoms with Crippen molar-refractivity contribution >= 4 is 22.6 Å². The van der Waals surface area contributed by atoms with E-state index in [2.05, 4.69) is 4.72 Å². The first kappa shape index (κ1) is 11.7. The van der Waals surface area contributed by atoms with Crippen LogP contribution in [0.15, 0.2) is 18.2 Å². The summed E-state index contributed by atoms with van der Waals surface area (Å²) in [6.07, 6.45) is -2.34. The second kappa shape index (κ2) is 7.58. The van der Waals surface area contributed by atoms with E-state index in [1.807, 2.05) is 0 Å². The first-order valence-corrected chi connectivity index (χ1v) is 8.96. The van der Waals surface area contributed by atoms with E-state index in [-0.39, 0.29) is 43.5 Å². The van der Waals surface area contributed by atoms with Crippen molar-refractivity contribution in [1.82, 2.24) is 9.62 Å². The molecule has 1 saturated heterocycles. The minimum Gasteiger partial charge on any atom is -0.508 e. The zero-order valence-corrected chi connectivity index (χ0v) is 14.5. The zero-order valence-electron chi connectivity index (χ0n) is 19.9. The minimum atomic E-state index is -4.12. The zero-order chi connectivity index (χ0) is 22.7. The molecule has 0 bridgehead atoms. The van der Waals surface area contributed by atoms with Crippen LogP contribution in [0.5, 0.6) is 5.75 Å². The van der Waals surface area contributed by atoms with Gasteiger partial charge >= 0.3 is 0 Å². The molecule has 0 amide bonds. The number of hydrogen-bond donors (Lipinski definition) is 3. The first-order chi connectivity index (χ1) is 13.5. The number of piperidine rings is 1. The Kier molecular flexibility index (Phi) is 3.69. The quantitative estimate of drug-likeness (QED) is 0.728. The molecule has 3 rings (SSSR count). The van der Waals surface area contributed by atoms with Crippen LogP contribution in [0.1, 0.15) is 40.4 Å². The lowest BCUT2D eigenvalue weighted by molar-refractivity contribution is 0.0683. The van der Waals surface area contributed by atoms with E-state index < -0.39 is 42.0 Å². The van der Waals surface area contributed by atoms with Gasteiger partial charge in [-0.05, 0) is 55.2 Å². The number of fused-ring (bicyclic) bond motifs is 2. The number of halogens is 1. The molecule has 1 aliphatic carbocycles. The van der Waals surface area contributed by atoms with Crippen LogP contribution < -0.4 is 9.86 Å². The van der Waals surface area contributed by atoms with E-state index in [0.29, 0.717) is 12.0 Å². The molecule has 136 valence electrons. The minimum absolute atomic E-state index is 0. The highest BCUT2D eigenvalue weighted by molar-refractivity contribution is 7.87. The summed E-state index contributed by atoms with van der Waals surface area (Å²) < 4.78 is 80.9. The van der Waals surface area contributed by atoms with Crippen molar-refractivity contribution < 1.29 is 23.1 Å². The smallest absolute Gasteiger partial charge is 0.274 e. The van der Waals surface area contributed by atoms with Crippen LogP contribution in [-0.2, 0) is 23.1 Å². The van der Waals surface area contributed by atoms with Crippen molar-refractivity contribution in [2.24, 2.45) is 11.1 Å². The number of likely N-dealkylation sites (tertiary alicyclic amines) is 1. The number of phenolic OH excluding ortho intramolecular Hbond substituents is 1. The van der Waals surface area contributed by atoms with Gasteiger partial charge in [-0.25, -0.2) is 5.14 Å². The van der Waals surface area contributed by atoms with E-state index >= 15 is 0 Å². The lowest BCUT2D eigenvalue weighted by Crippen LogP contribution is -2.58. The van der Waals surface area contributed by atoms with Gasteiger partial charge in [0.1, 0.15) is 5.75 Å². The van der Waals surface area contributed by atoms with Gasteiger partial charge in [0.2, 0.25) is 0 Å². The first-order valence-electron chi connectivity index (χ1n) is 10.9. The van der Waals surface area contributed by atoms with Crippen molar-refractivity contribution in [3.05, 3.63) is 29.3 Å². The summed E-state index contributed by atoms with van der Waals surface area (Å²) in [7, 11) is -4.12. The highest BCUT2D eigenvalue weighted by Crippen LogP contribution is 2.38. The van der Waals surface area contributed by atoms with E-state index in [4.69, 9.17) is 14.7 Å². The molecule has 24 heavy (non-hydrogen) atoms. The van der Waals surface area contributed by atoms with E-state index in [1.54, 1.807) is 12.1 Å². The maximum absolute atomic E-state index is 11.6. The van der Waals surface area contributed by atoms with Gasteiger partial charge in [0.15, 0.2) is 0 Å². The van der Waals surface area contributed by atoms with Gasteiger partial charge in [0, 0.05) is 28.2 Å². The number of hydrogen-bond acceptors (Lipinski definition) is 4. The molecule has 0 radical (unpaired) electrons. The maximum atomic E-state index is 11.6. The van der Waals surface area contributed by atoms with Crippen LogP contribution in [0.2, 0.25) is 0 Å². The van der Waals surface area contributed by atoms with Crippen molar-refractivity contribution in [2.45, 2.75) is 44.6 Å². The summed E-state index contributed by atoms with van der Waals surface area (Å²) in [5.74, 6) is -0.263. The second-order valence-electron chi connectivity index (χ2n) is 6.14. The van der Waals surface area contributed by atoms with Gasteiger partial charge in [0.25, 0.3) is 10.2 Å². The number of benzene rings is 1. The number of nitrogens with two attached hydrogens (primary N) is 1. The number of nitrogens with one attached hydrogen (secondary N) is 1. The maximum Gasteiger partial charge on any atom is 0.274 e. The van der Waals surface area contributed by atoms with E-state index in [0.717, 1.165) is 10.5 Å². The lowest BCUT2D eigenvalue weighted by Gasteiger charge is -2.47. The predicted octanol–water partition coefficient (Wildman–Crippen LogP) is 1.17. The number of aromatic hydroxyl groups is 1. The Morgan fingerprint density at radius 3 is 3.00 bits per heavy atom. The molecule has 3 atom stereocenters. The Hall–Kier alpha value is -0.860. The van der Waals surface area contributed by atoms with Gasteiger partial charge < -0.3 is 5.11 Å². The van der Waals surface area contributed by atoms with Gasteiger partial charge in [0.05, 0.1) is 0 Å². The normalized spacial score (nSPS) is 33.0. The van der Waals surface area contributed by atoms with Crippen molar-refractivity contribution in [1.29, 1.82) is 0 Å². The van der Waals surface area contributed by atoms with Gasteiger partial charge in [-0.2, -0.15) is 13.1 Å². The van der Waals surface area contributed by atoms with E-state index in [1.165, 1.54) is 6.07 Å². The molecule has 1 fully saturated rings. The molecule has 1 aliphatic heterocycles. The highest BCUT2D eigenvalue weighted by atomic mass is 35.5.